The van der Waals surface area contributed by atoms with E-state index in [1.165, 1.54) is 12.8 Å². The van der Waals surface area contributed by atoms with Gasteiger partial charge in [0.2, 0.25) is 0 Å². The van der Waals surface area contributed by atoms with Gasteiger partial charge in [0.25, 0.3) is 0 Å². The predicted octanol–water partition coefficient (Wildman–Crippen LogP) is 6.28. The Kier molecular flexibility index (Phi) is 8.75. The number of nitrogens with two attached hydrogens (primary N) is 1. The summed E-state index contributed by atoms with van der Waals surface area (Å²) in [4.78, 5) is 4.81. The first-order chi connectivity index (χ1) is 17.2. The monoisotopic (exact) mass is 700 g/mol. The van der Waals surface area contributed by atoms with Gasteiger partial charge in [0.15, 0.2) is 0 Å². The van der Waals surface area contributed by atoms with E-state index in [9.17, 15) is 5.26 Å². The van der Waals surface area contributed by atoms with Crippen molar-refractivity contribution in [3.05, 3.63) is 100 Å². The van der Waals surface area contributed by atoms with Crippen molar-refractivity contribution >= 4 is 22.9 Å². The molecule has 180 valence electrons. The van der Waals surface area contributed by atoms with E-state index in [1.807, 2.05) is 66.7 Å². The van der Waals surface area contributed by atoms with Crippen LogP contribution in [0, 0.1) is 42.4 Å². The Labute approximate surface area is 236 Å². The van der Waals surface area contributed by atoms with Gasteiger partial charge in [-0.15, -0.1) is 0 Å². The molecule has 36 heavy (non-hydrogen) atoms. The zero-order chi connectivity index (χ0) is 24.0. The minimum atomic E-state index is 0. The molecule has 1 aliphatic carbocycles. The average Bonchev–Trinajstić information content (AvgIpc) is 3.40. The second-order valence-corrected chi connectivity index (χ2v) is 8.90. The summed E-state index contributed by atoms with van der Waals surface area (Å²) in [5.41, 5.74) is 12.8. The molecule has 0 bridgehead atoms. The molecule has 0 atom stereocenters. The van der Waals surface area contributed by atoms with Crippen molar-refractivity contribution in [3.8, 4) is 11.8 Å². The first-order valence-electron chi connectivity index (χ1n) is 12.0. The van der Waals surface area contributed by atoms with Gasteiger partial charge in [-0.1, -0.05) is 67.9 Å². The Morgan fingerprint density at radius 2 is 1.81 bits per heavy atom. The number of nitrogens with zero attached hydrogens (tertiary/aromatic N) is 3. The molecule has 1 saturated carbocycles. The van der Waals surface area contributed by atoms with Crippen LogP contribution in [-0.2, 0) is 6.61 Å². The van der Waals surface area contributed by atoms with E-state index in [0.29, 0.717) is 30.5 Å². The van der Waals surface area contributed by atoms with Gasteiger partial charge in [-0.2, -0.15) is 5.26 Å². The third-order valence-electron chi connectivity index (χ3n) is 6.42. The van der Waals surface area contributed by atoms with E-state index in [2.05, 4.69) is 16.7 Å². The third kappa shape index (κ3) is 6.13. The van der Waals surface area contributed by atoms with Gasteiger partial charge >= 0.3 is 0 Å². The quantitative estimate of drug-likeness (QED) is 0.304. The number of hydrogen-bond acceptors (Lipinski definition) is 5. The van der Waals surface area contributed by atoms with Crippen LogP contribution in [-0.4, -0.2) is 18.4 Å². The van der Waals surface area contributed by atoms with Crippen LogP contribution in [0.1, 0.15) is 42.4 Å². The summed E-state index contributed by atoms with van der Waals surface area (Å²) < 4.78 is 5.86. The number of para-hydroxylation sites is 1. The van der Waals surface area contributed by atoms with Crippen LogP contribution in [0.2, 0.25) is 0 Å². The Hall–Kier alpha value is -3.19. The van der Waals surface area contributed by atoms with Gasteiger partial charge in [0.05, 0.1) is 5.56 Å². The molecule has 1 heterocycles. The maximum atomic E-state index is 9.23. The Bertz CT molecular complexity index is 1300. The molecule has 6 nitrogen and oxygen atoms in total. The molecule has 1 saturated heterocycles. The van der Waals surface area contributed by atoms with Gasteiger partial charge in [0.1, 0.15) is 18.4 Å². The van der Waals surface area contributed by atoms with Crippen molar-refractivity contribution in [2.75, 3.05) is 11.9 Å². The second-order valence-electron chi connectivity index (χ2n) is 8.90. The molecule has 0 unspecified atom stereocenters. The van der Waals surface area contributed by atoms with E-state index in [4.69, 9.17) is 15.5 Å². The largest absolute Gasteiger partial charge is 0.488 e. The van der Waals surface area contributed by atoms with Crippen LogP contribution in [0.25, 0.3) is 11.0 Å². The van der Waals surface area contributed by atoms with Crippen LogP contribution < -0.4 is 15.8 Å². The average molecular weight is 701 g/mol. The summed E-state index contributed by atoms with van der Waals surface area (Å²) in [6.45, 7) is 1.03. The van der Waals surface area contributed by atoms with E-state index in [-0.39, 0.29) is 31.1 Å². The zero-order valence-electron chi connectivity index (χ0n) is 20.1. The molecule has 0 radical (unpaired) electrons. The van der Waals surface area contributed by atoms with Gasteiger partial charge in [-0.05, 0) is 65.7 Å². The van der Waals surface area contributed by atoms with E-state index >= 15 is 0 Å². The summed E-state index contributed by atoms with van der Waals surface area (Å²) in [5, 5.41) is 17.1. The van der Waals surface area contributed by atoms with E-state index in [0.717, 1.165) is 52.4 Å². The van der Waals surface area contributed by atoms with E-state index in [1.54, 1.807) is 6.07 Å². The number of ether oxygens (including phenoxy) is 1. The van der Waals surface area contributed by atoms with Gasteiger partial charge in [-0.3, -0.25) is 0 Å². The fourth-order valence-electron chi connectivity index (χ4n) is 4.42. The van der Waals surface area contributed by atoms with Crippen LogP contribution >= 0.6 is 0 Å². The standard InChI is InChI=1S/C29H28N5O.U/c30-17-22-7-1-4-11-27(22)35-19-20-6-5-10-25(16-20)33-24-14-12-21(13-15-24)28(31)26-18-32-29(26)34-23-8-2-3-9-23;/h1,4-7,10-16,23,33H,2-3,8-9,18-19,31H2;/q-1;/b28-26-;. The summed E-state index contributed by atoms with van der Waals surface area (Å²) in [5.74, 6) is 1.43. The molecule has 2 fully saturated rings. The number of benzene rings is 3. The maximum Gasteiger partial charge on any atom is 0.137 e. The van der Waals surface area contributed by atoms with Gasteiger partial charge in [0, 0.05) is 48.2 Å². The number of hydrogen-bond donors (Lipinski definition) is 2. The van der Waals surface area contributed by atoms with E-state index < -0.39 is 0 Å². The predicted molar refractivity (Wildman–Crippen MR) is 141 cm³/mol. The van der Waals surface area contributed by atoms with Crippen molar-refractivity contribution in [1.82, 2.24) is 0 Å². The summed E-state index contributed by atoms with van der Waals surface area (Å²) in [6, 6.07) is 26.0. The van der Waals surface area contributed by atoms with Crippen molar-refractivity contribution in [3.63, 3.8) is 0 Å². The van der Waals surface area contributed by atoms with Crippen molar-refractivity contribution in [2.24, 2.45) is 10.7 Å². The molecule has 5 rings (SSSR count). The van der Waals surface area contributed by atoms with Gasteiger partial charge < -0.3 is 26.1 Å². The normalized spacial score (nSPS) is 17.4. The molecule has 0 aromatic heterocycles. The minimum Gasteiger partial charge on any atom is -0.488 e. The maximum absolute atomic E-state index is 9.23. The zero-order valence-corrected chi connectivity index (χ0v) is 24.2. The van der Waals surface area contributed by atoms with Crippen LogP contribution in [0.15, 0.2) is 83.4 Å². The molecule has 0 amide bonds. The van der Waals surface area contributed by atoms with Crippen molar-refractivity contribution in [1.29, 1.82) is 5.26 Å². The molecule has 3 N–H and O–H groups in total. The first kappa shape index (κ1) is 25.9. The third-order valence-corrected chi connectivity index (χ3v) is 6.42. The topological polar surface area (TPSA) is 97.5 Å². The number of nitriles is 1. The Balaban J connectivity index is 0.00000304. The Morgan fingerprint density at radius 1 is 1.03 bits per heavy atom. The summed E-state index contributed by atoms with van der Waals surface area (Å²) >= 11 is 0. The number of aliphatic imine (C=N–C) groups is 1. The molecular weight excluding hydrogens is 672 g/mol. The van der Waals surface area contributed by atoms with Crippen molar-refractivity contribution < 1.29 is 35.9 Å². The molecule has 0 spiro atoms. The molecule has 3 aromatic rings. The summed E-state index contributed by atoms with van der Waals surface area (Å²) in [7, 11) is 0. The minimum absolute atomic E-state index is 0. The van der Waals surface area contributed by atoms with Crippen LogP contribution in [0.4, 0.5) is 11.4 Å². The van der Waals surface area contributed by atoms with Gasteiger partial charge in [-0.25, -0.2) is 0 Å². The first-order valence-corrected chi connectivity index (χ1v) is 12.0. The molecule has 7 heteroatoms. The fourth-order valence-corrected chi connectivity index (χ4v) is 4.42. The second kappa shape index (κ2) is 12.2. The number of nitrogens with one attached hydrogen (secondary N) is 1. The van der Waals surface area contributed by atoms with Crippen molar-refractivity contribution in [2.45, 2.75) is 38.3 Å². The summed E-state index contributed by atoms with van der Waals surface area (Å²) in [6.07, 6.45) is 4.84. The number of anilines is 2. The molecule has 1 aliphatic heterocycles. The smallest absolute Gasteiger partial charge is 0.137 e. The number of rotatable bonds is 7. The SMILES string of the molecule is N#Cc1ccccc1OCc1cccc(Nc2ccc(/C(N)=C3\C[N-]C3=NC3CCCC3)cc2)c1.[U]. The van der Waals surface area contributed by atoms with Crippen LogP contribution in [0.3, 0.4) is 0 Å². The Morgan fingerprint density at radius 3 is 2.53 bits per heavy atom. The van der Waals surface area contributed by atoms with Crippen LogP contribution in [0.5, 0.6) is 5.75 Å². The molecular formula is C29H28N5OU-. The number of amidine groups is 1. The molecule has 3 aromatic carbocycles. The molecule has 2 aliphatic rings. The fraction of sp³-hybridized carbons (Fsp3) is 0.241.